The van der Waals surface area contributed by atoms with E-state index in [0.717, 1.165) is 30.0 Å². The second-order valence-corrected chi connectivity index (χ2v) is 7.26. The molecule has 2 N–H and O–H groups in total. The maximum absolute atomic E-state index is 10.4. The molecule has 6 nitrogen and oxygen atoms in total. The molecule has 2 unspecified atom stereocenters. The van der Waals surface area contributed by atoms with Crippen LogP contribution in [0.1, 0.15) is 49.5 Å². The van der Waals surface area contributed by atoms with Crippen molar-refractivity contribution in [3.63, 3.8) is 0 Å². The van der Waals surface area contributed by atoms with Gasteiger partial charge in [-0.2, -0.15) is 0 Å². The van der Waals surface area contributed by atoms with Crippen LogP contribution in [0.3, 0.4) is 0 Å². The summed E-state index contributed by atoms with van der Waals surface area (Å²) in [6.07, 6.45) is 9.44. The van der Waals surface area contributed by atoms with Crippen molar-refractivity contribution in [2.75, 3.05) is 20.3 Å². The molecule has 1 aromatic heterocycles. The molecule has 1 heterocycles. The van der Waals surface area contributed by atoms with Gasteiger partial charge in [0.25, 0.3) is 0 Å². The molecule has 27 heavy (non-hydrogen) atoms. The summed E-state index contributed by atoms with van der Waals surface area (Å²) in [5.74, 6) is 1.69. The summed E-state index contributed by atoms with van der Waals surface area (Å²) in [6, 6.07) is 7.79. The fourth-order valence-corrected chi connectivity index (χ4v) is 3.63. The van der Waals surface area contributed by atoms with E-state index in [4.69, 9.17) is 9.47 Å². The van der Waals surface area contributed by atoms with Crippen LogP contribution in [0, 0.1) is 0 Å². The lowest BCUT2D eigenvalue weighted by Crippen LogP contribution is -2.35. The Kier molecular flexibility index (Phi) is 7.26. The van der Waals surface area contributed by atoms with E-state index in [2.05, 4.69) is 10.3 Å². The third kappa shape index (κ3) is 5.54. The number of imidazole rings is 1. The second kappa shape index (κ2) is 9.88. The van der Waals surface area contributed by atoms with Crippen LogP contribution in [0.5, 0.6) is 5.75 Å². The number of aromatic nitrogens is 2. The molecule has 0 amide bonds. The summed E-state index contributed by atoms with van der Waals surface area (Å²) in [7, 11) is 3.63. The fraction of sp³-hybridized carbons (Fsp3) is 0.571. The van der Waals surface area contributed by atoms with Gasteiger partial charge in [0.05, 0.1) is 32.0 Å². The minimum absolute atomic E-state index is 0.135. The molecule has 0 spiro atoms. The number of ether oxygens (including phenoxy) is 2. The van der Waals surface area contributed by atoms with Crippen molar-refractivity contribution >= 4 is 0 Å². The summed E-state index contributed by atoms with van der Waals surface area (Å²) >= 11 is 0. The number of hydrogen-bond donors (Lipinski definition) is 2. The highest BCUT2D eigenvalue weighted by Crippen LogP contribution is 2.24. The first-order valence-electron chi connectivity index (χ1n) is 9.81. The topological polar surface area (TPSA) is 68.5 Å². The predicted octanol–water partition coefficient (Wildman–Crippen LogP) is 2.82. The number of aliphatic hydroxyl groups is 1. The Bertz CT molecular complexity index is 697. The van der Waals surface area contributed by atoms with Gasteiger partial charge in [-0.25, -0.2) is 4.98 Å². The average molecular weight is 373 g/mol. The first kappa shape index (κ1) is 19.9. The minimum Gasteiger partial charge on any atom is -0.497 e. The van der Waals surface area contributed by atoms with E-state index in [-0.39, 0.29) is 6.04 Å². The number of aryl methyl sites for hydroxylation is 1. The van der Waals surface area contributed by atoms with Gasteiger partial charge in [-0.05, 0) is 30.5 Å². The Morgan fingerprint density at radius 1 is 1.30 bits per heavy atom. The zero-order valence-corrected chi connectivity index (χ0v) is 16.3. The lowest BCUT2D eigenvalue weighted by Gasteiger charge is -2.25. The summed E-state index contributed by atoms with van der Waals surface area (Å²) in [6.45, 7) is 0.796. The molecule has 0 aliphatic heterocycles. The van der Waals surface area contributed by atoms with Crippen LogP contribution < -0.4 is 10.1 Å². The maximum Gasteiger partial charge on any atom is 0.130 e. The first-order chi connectivity index (χ1) is 13.2. The van der Waals surface area contributed by atoms with Crippen LogP contribution in [0.4, 0.5) is 0 Å². The molecule has 2 atom stereocenters. The van der Waals surface area contributed by atoms with E-state index in [1.165, 1.54) is 19.3 Å². The lowest BCUT2D eigenvalue weighted by atomic mass is 9.98. The van der Waals surface area contributed by atoms with Gasteiger partial charge in [0.15, 0.2) is 0 Å². The van der Waals surface area contributed by atoms with Gasteiger partial charge < -0.3 is 24.5 Å². The number of rotatable bonds is 9. The summed E-state index contributed by atoms with van der Waals surface area (Å²) < 4.78 is 13.3. The van der Waals surface area contributed by atoms with Crippen molar-refractivity contribution in [1.29, 1.82) is 0 Å². The minimum atomic E-state index is -0.555. The molecule has 1 aliphatic rings. The van der Waals surface area contributed by atoms with E-state index in [9.17, 15) is 5.11 Å². The monoisotopic (exact) mass is 373 g/mol. The molecule has 6 heteroatoms. The van der Waals surface area contributed by atoms with Crippen LogP contribution in [0.15, 0.2) is 36.7 Å². The molecule has 0 saturated heterocycles. The molecule has 1 fully saturated rings. The molecule has 148 valence electrons. The molecule has 0 bridgehead atoms. The Hall–Kier alpha value is -1.89. The van der Waals surface area contributed by atoms with E-state index in [1.54, 1.807) is 13.3 Å². The predicted molar refractivity (Wildman–Crippen MR) is 105 cm³/mol. The third-order valence-electron chi connectivity index (χ3n) is 5.18. The number of hydrogen-bond acceptors (Lipinski definition) is 5. The molecule has 1 aliphatic carbocycles. The highest BCUT2D eigenvalue weighted by molar-refractivity contribution is 5.33. The van der Waals surface area contributed by atoms with Crippen molar-refractivity contribution in [1.82, 2.24) is 14.9 Å². The van der Waals surface area contributed by atoms with E-state index in [1.807, 2.05) is 42.1 Å². The van der Waals surface area contributed by atoms with Crippen molar-refractivity contribution < 1.29 is 14.6 Å². The van der Waals surface area contributed by atoms with Crippen LogP contribution in [0.25, 0.3) is 0 Å². The van der Waals surface area contributed by atoms with Crippen LogP contribution in [0.2, 0.25) is 0 Å². The SMILES string of the molecule is COc1cccc(C(NCC(O)COC2CCCCC2)c2nccn2C)c1. The Balaban J connectivity index is 1.62. The van der Waals surface area contributed by atoms with Crippen LogP contribution in [-0.2, 0) is 11.8 Å². The summed E-state index contributed by atoms with van der Waals surface area (Å²) in [5.41, 5.74) is 1.05. The Labute approximate surface area is 161 Å². The van der Waals surface area contributed by atoms with Crippen molar-refractivity contribution in [3.8, 4) is 5.75 Å². The molecular formula is C21H31N3O3. The molecule has 1 aromatic carbocycles. The van der Waals surface area contributed by atoms with Crippen LogP contribution in [-0.4, -0.2) is 47.1 Å². The molecule has 0 radical (unpaired) electrons. The van der Waals surface area contributed by atoms with E-state index < -0.39 is 6.10 Å². The summed E-state index contributed by atoms with van der Waals surface area (Å²) in [5, 5.41) is 13.9. The lowest BCUT2D eigenvalue weighted by molar-refractivity contribution is -0.0234. The number of nitrogens with zero attached hydrogens (tertiary/aromatic N) is 2. The van der Waals surface area contributed by atoms with Gasteiger partial charge in [-0.3, -0.25) is 0 Å². The van der Waals surface area contributed by atoms with Crippen molar-refractivity contribution in [2.24, 2.45) is 7.05 Å². The third-order valence-corrected chi connectivity index (χ3v) is 5.18. The van der Waals surface area contributed by atoms with E-state index >= 15 is 0 Å². The number of benzene rings is 1. The average Bonchev–Trinajstić information content (AvgIpc) is 3.13. The van der Waals surface area contributed by atoms with Gasteiger partial charge in [0.1, 0.15) is 11.6 Å². The number of aliphatic hydroxyl groups excluding tert-OH is 1. The summed E-state index contributed by atoms with van der Waals surface area (Å²) in [4.78, 5) is 4.49. The number of nitrogens with one attached hydrogen (secondary N) is 1. The number of methoxy groups -OCH3 is 1. The maximum atomic E-state index is 10.4. The van der Waals surface area contributed by atoms with Gasteiger partial charge in [0, 0.05) is 26.0 Å². The van der Waals surface area contributed by atoms with Gasteiger partial charge >= 0.3 is 0 Å². The smallest absolute Gasteiger partial charge is 0.130 e. The normalized spacial score (nSPS) is 17.6. The first-order valence-corrected chi connectivity index (χ1v) is 9.81. The van der Waals surface area contributed by atoms with Crippen molar-refractivity contribution in [2.45, 2.75) is 50.4 Å². The van der Waals surface area contributed by atoms with Crippen LogP contribution >= 0.6 is 0 Å². The Morgan fingerprint density at radius 3 is 2.81 bits per heavy atom. The van der Waals surface area contributed by atoms with Gasteiger partial charge in [-0.15, -0.1) is 0 Å². The molecule has 3 rings (SSSR count). The van der Waals surface area contributed by atoms with Crippen molar-refractivity contribution in [3.05, 3.63) is 48.0 Å². The second-order valence-electron chi connectivity index (χ2n) is 7.26. The highest BCUT2D eigenvalue weighted by atomic mass is 16.5. The standard InChI is InChI=1S/C21H31N3O3/c1-24-12-11-22-21(24)20(16-7-6-10-19(13-16)26-2)23-14-17(25)15-27-18-8-4-3-5-9-18/h6-7,10-13,17-18,20,23,25H,3-5,8-9,14-15H2,1-2H3. The van der Waals surface area contributed by atoms with Gasteiger partial charge in [0.2, 0.25) is 0 Å². The fourth-order valence-electron chi connectivity index (χ4n) is 3.63. The van der Waals surface area contributed by atoms with E-state index in [0.29, 0.717) is 19.3 Å². The molecular weight excluding hydrogens is 342 g/mol. The molecule has 2 aromatic rings. The Morgan fingerprint density at radius 2 is 2.11 bits per heavy atom. The zero-order valence-electron chi connectivity index (χ0n) is 16.3. The zero-order chi connectivity index (χ0) is 19.1. The quantitative estimate of drug-likeness (QED) is 0.707. The largest absolute Gasteiger partial charge is 0.497 e. The highest BCUT2D eigenvalue weighted by Gasteiger charge is 2.21. The van der Waals surface area contributed by atoms with Gasteiger partial charge in [-0.1, -0.05) is 31.4 Å². The molecule has 1 saturated carbocycles.